The number of benzene rings is 1. The highest BCUT2D eigenvalue weighted by Gasteiger charge is 2.62. The van der Waals surface area contributed by atoms with Crippen molar-refractivity contribution in [2.24, 2.45) is 0 Å². The number of nitrogens with zero attached hydrogens (tertiary/aromatic N) is 1. The predicted octanol–water partition coefficient (Wildman–Crippen LogP) is 2.17. The Bertz CT molecular complexity index is 759. The van der Waals surface area contributed by atoms with Crippen LogP contribution in [0, 0.1) is 0 Å². The molecule has 2 N–H and O–H groups in total. The molecule has 3 atom stereocenters. The van der Waals surface area contributed by atoms with E-state index in [2.05, 4.69) is 10.6 Å². The fraction of sp³-hybridized carbons (Fsp3) is 0.571. The molecule has 7 heteroatoms. The van der Waals surface area contributed by atoms with E-state index >= 15 is 0 Å². The highest BCUT2D eigenvalue weighted by atomic mass is 16.6. The van der Waals surface area contributed by atoms with E-state index in [0.717, 1.165) is 12.0 Å². The quantitative estimate of drug-likeness (QED) is 0.829. The van der Waals surface area contributed by atoms with Gasteiger partial charge in [0.15, 0.2) is 0 Å². The summed E-state index contributed by atoms with van der Waals surface area (Å²) in [5.41, 5.74) is -0.573. The van der Waals surface area contributed by atoms with Crippen molar-refractivity contribution >= 4 is 17.9 Å². The lowest BCUT2D eigenvalue weighted by Crippen LogP contribution is -2.55. The van der Waals surface area contributed by atoms with Gasteiger partial charge in [-0.3, -0.25) is 14.5 Å². The number of rotatable bonds is 4. The lowest BCUT2D eigenvalue weighted by Gasteiger charge is -2.29. The van der Waals surface area contributed by atoms with Gasteiger partial charge in [0.05, 0.1) is 0 Å². The van der Waals surface area contributed by atoms with Crippen LogP contribution in [0.15, 0.2) is 30.3 Å². The third-order valence-corrected chi connectivity index (χ3v) is 5.32. The Kier molecular flexibility index (Phi) is 5.37. The zero-order valence-corrected chi connectivity index (χ0v) is 17.0. The molecule has 2 aliphatic rings. The molecule has 1 aromatic carbocycles. The van der Waals surface area contributed by atoms with Crippen LogP contribution in [0.25, 0.3) is 0 Å². The molecular weight excluding hydrogens is 358 g/mol. The van der Waals surface area contributed by atoms with Gasteiger partial charge in [0.2, 0.25) is 11.8 Å². The summed E-state index contributed by atoms with van der Waals surface area (Å²) in [4.78, 5) is 39.6. The molecule has 3 amide bonds. The van der Waals surface area contributed by atoms with Crippen LogP contribution < -0.4 is 10.6 Å². The molecular formula is C21H29N3O4. The Morgan fingerprint density at radius 3 is 2.46 bits per heavy atom. The summed E-state index contributed by atoms with van der Waals surface area (Å²) >= 11 is 0. The molecule has 1 aromatic rings. The van der Waals surface area contributed by atoms with E-state index in [4.69, 9.17) is 4.74 Å². The number of carbonyl (C=O) groups excluding carboxylic acids is 3. The maximum Gasteiger partial charge on any atom is 0.410 e. The average Bonchev–Trinajstić information content (AvgIpc) is 3.14. The second-order valence-electron chi connectivity index (χ2n) is 8.54. The Morgan fingerprint density at radius 2 is 1.86 bits per heavy atom. The van der Waals surface area contributed by atoms with Crippen LogP contribution in [0.2, 0.25) is 0 Å². The van der Waals surface area contributed by atoms with Crippen molar-refractivity contribution in [3.8, 4) is 0 Å². The SMILES string of the molecule is CNC(=O)[C@@]1(NC(=O)[C@@H]2CCCN2C(=O)OC(C)(C)C)C[C@H]1c1ccccc1. The molecule has 7 nitrogen and oxygen atoms in total. The van der Waals surface area contributed by atoms with Gasteiger partial charge in [0.25, 0.3) is 0 Å². The first kappa shape index (κ1) is 20.2. The first-order chi connectivity index (χ1) is 13.2. The molecule has 2 fully saturated rings. The molecule has 3 rings (SSSR count). The Hall–Kier alpha value is -2.57. The van der Waals surface area contributed by atoms with Crippen molar-refractivity contribution in [2.75, 3.05) is 13.6 Å². The molecule has 28 heavy (non-hydrogen) atoms. The zero-order valence-electron chi connectivity index (χ0n) is 17.0. The van der Waals surface area contributed by atoms with Crippen molar-refractivity contribution in [2.45, 2.75) is 63.1 Å². The number of hydrogen-bond acceptors (Lipinski definition) is 4. The van der Waals surface area contributed by atoms with E-state index in [-0.39, 0.29) is 17.7 Å². The largest absolute Gasteiger partial charge is 0.444 e. The van der Waals surface area contributed by atoms with E-state index in [1.807, 2.05) is 30.3 Å². The monoisotopic (exact) mass is 387 g/mol. The number of nitrogens with one attached hydrogen (secondary N) is 2. The lowest BCUT2D eigenvalue weighted by molar-refractivity contribution is -0.132. The molecule has 0 radical (unpaired) electrons. The first-order valence-corrected chi connectivity index (χ1v) is 9.77. The fourth-order valence-electron chi connectivity index (χ4n) is 3.90. The summed E-state index contributed by atoms with van der Waals surface area (Å²) < 4.78 is 5.43. The number of hydrogen-bond donors (Lipinski definition) is 2. The molecule has 0 bridgehead atoms. The van der Waals surface area contributed by atoms with Crippen LogP contribution in [0.1, 0.15) is 51.5 Å². The predicted molar refractivity (Wildman–Crippen MR) is 105 cm³/mol. The molecule has 0 aromatic heterocycles. The van der Waals surface area contributed by atoms with Crippen LogP contribution in [0.3, 0.4) is 0 Å². The van der Waals surface area contributed by atoms with Gasteiger partial charge < -0.3 is 15.4 Å². The normalized spacial score (nSPS) is 26.5. The number of amides is 3. The number of carbonyl (C=O) groups is 3. The molecule has 152 valence electrons. The minimum atomic E-state index is -0.963. The molecule has 0 spiro atoms. The van der Waals surface area contributed by atoms with Crippen molar-refractivity contribution in [1.29, 1.82) is 0 Å². The fourth-order valence-corrected chi connectivity index (χ4v) is 3.90. The molecule has 1 aliphatic carbocycles. The molecule has 1 saturated heterocycles. The van der Waals surface area contributed by atoms with Crippen LogP contribution in [0.5, 0.6) is 0 Å². The highest BCUT2D eigenvalue weighted by Crippen LogP contribution is 2.51. The summed E-state index contributed by atoms with van der Waals surface area (Å²) in [5, 5.41) is 5.63. The topological polar surface area (TPSA) is 87.7 Å². The maximum absolute atomic E-state index is 13.0. The van der Waals surface area contributed by atoms with Gasteiger partial charge in [-0.15, -0.1) is 0 Å². The number of likely N-dealkylation sites (N-methyl/N-ethyl adjacent to an activating group) is 1. The standard InChI is InChI=1S/C21H29N3O4/c1-20(2,3)28-19(27)24-12-8-11-16(24)17(25)23-21(18(26)22-4)13-15(21)14-9-6-5-7-10-14/h5-7,9-10,15-16H,8,11-13H2,1-4H3,(H,22,26)(H,23,25)/t15-,16-,21+/m0/s1. The third-order valence-electron chi connectivity index (χ3n) is 5.32. The van der Waals surface area contributed by atoms with E-state index in [9.17, 15) is 14.4 Å². The van der Waals surface area contributed by atoms with Gasteiger partial charge in [0, 0.05) is 19.5 Å². The van der Waals surface area contributed by atoms with Crippen LogP contribution in [0.4, 0.5) is 4.79 Å². The molecule has 1 saturated carbocycles. The Labute approximate surface area is 165 Å². The van der Waals surface area contributed by atoms with Crippen molar-refractivity contribution in [3.05, 3.63) is 35.9 Å². The van der Waals surface area contributed by atoms with Gasteiger partial charge in [-0.25, -0.2) is 4.79 Å². The van der Waals surface area contributed by atoms with Gasteiger partial charge >= 0.3 is 6.09 Å². The van der Waals surface area contributed by atoms with Crippen LogP contribution in [-0.4, -0.2) is 53.6 Å². The molecule has 0 unspecified atom stereocenters. The van der Waals surface area contributed by atoms with Crippen molar-refractivity contribution < 1.29 is 19.1 Å². The first-order valence-electron chi connectivity index (χ1n) is 9.77. The maximum atomic E-state index is 13.0. The van der Waals surface area contributed by atoms with Gasteiger partial charge in [0.1, 0.15) is 17.2 Å². The minimum absolute atomic E-state index is 0.0750. The summed E-state index contributed by atoms with van der Waals surface area (Å²) in [7, 11) is 1.57. The number of likely N-dealkylation sites (tertiary alicyclic amines) is 1. The van der Waals surface area contributed by atoms with Gasteiger partial charge in [-0.2, -0.15) is 0 Å². The zero-order chi connectivity index (χ0) is 20.5. The van der Waals surface area contributed by atoms with E-state index in [0.29, 0.717) is 19.4 Å². The Morgan fingerprint density at radius 1 is 1.18 bits per heavy atom. The molecule has 1 heterocycles. The van der Waals surface area contributed by atoms with E-state index < -0.39 is 23.3 Å². The molecule has 1 aliphatic heterocycles. The Balaban J connectivity index is 1.74. The van der Waals surface area contributed by atoms with Gasteiger partial charge in [-0.05, 0) is 45.6 Å². The average molecular weight is 387 g/mol. The third kappa shape index (κ3) is 3.98. The highest BCUT2D eigenvalue weighted by molar-refractivity contribution is 5.98. The number of ether oxygens (including phenoxy) is 1. The minimum Gasteiger partial charge on any atom is -0.444 e. The second-order valence-corrected chi connectivity index (χ2v) is 8.54. The summed E-state index contributed by atoms with van der Waals surface area (Å²) in [5.74, 6) is -0.587. The van der Waals surface area contributed by atoms with Crippen LogP contribution in [-0.2, 0) is 14.3 Å². The summed E-state index contributed by atoms with van der Waals surface area (Å²) in [6.07, 6.45) is 1.34. The van der Waals surface area contributed by atoms with Crippen molar-refractivity contribution in [1.82, 2.24) is 15.5 Å². The lowest BCUT2D eigenvalue weighted by atomic mass is 10.0. The second kappa shape index (κ2) is 7.45. The van der Waals surface area contributed by atoms with E-state index in [1.165, 1.54) is 4.90 Å². The summed E-state index contributed by atoms with van der Waals surface area (Å²) in [6, 6.07) is 9.07. The van der Waals surface area contributed by atoms with E-state index in [1.54, 1.807) is 27.8 Å². The van der Waals surface area contributed by atoms with Gasteiger partial charge in [-0.1, -0.05) is 30.3 Å². The van der Waals surface area contributed by atoms with Crippen molar-refractivity contribution in [3.63, 3.8) is 0 Å². The smallest absolute Gasteiger partial charge is 0.410 e. The summed E-state index contributed by atoms with van der Waals surface area (Å²) in [6.45, 7) is 5.87. The van der Waals surface area contributed by atoms with Crippen LogP contribution >= 0.6 is 0 Å².